The van der Waals surface area contributed by atoms with Crippen molar-refractivity contribution in [1.82, 2.24) is 15.2 Å². The number of amides is 2. The van der Waals surface area contributed by atoms with Gasteiger partial charge >= 0.3 is 6.09 Å². The Hall–Kier alpha value is -2.97. The van der Waals surface area contributed by atoms with Gasteiger partial charge in [0.05, 0.1) is 5.56 Å². The summed E-state index contributed by atoms with van der Waals surface area (Å²) in [6, 6.07) is 3.27. The second-order valence-corrected chi connectivity index (χ2v) is 6.49. The quantitative estimate of drug-likeness (QED) is 0.846. The minimum Gasteiger partial charge on any atom is -0.465 e. The molecule has 0 saturated carbocycles. The molecule has 1 aromatic carbocycles. The van der Waals surface area contributed by atoms with Crippen molar-refractivity contribution in [3.63, 3.8) is 0 Å². The molecule has 2 aromatic rings. The van der Waals surface area contributed by atoms with E-state index in [2.05, 4.69) is 10.3 Å². The van der Waals surface area contributed by atoms with Gasteiger partial charge < -0.3 is 19.7 Å². The van der Waals surface area contributed by atoms with E-state index in [4.69, 9.17) is 4.42 Å². The normalized spacial score (nSPS) is 11.3. The first-order chi connectivity index (χ1) is 12.1. The molecule has 0 aliphatic heterocycles. The maximum atomic E-state index is 13.9. The molecule has 0 unspecified atom stereocenters. The molecule has 0 saturated heterocycles. The number of nitrogens with zero attached hydrogens (tertiary/aromatic N) is 2. The Labute approximate surface area is 148 Å². The Morgan fingerprint density at radius 3 is 2.42 bits per heavy atom. The van der Waals surface area contributed by atoms with E-state index in [9.17, 15) is 23.5 Å². The molecule has 0 aliphatic rings. The van der Waals surface area contributed by atoms with Gasteiger partial charge in [-0.25, -0.2) is 18.6 Å². The molecule has 26 heavy (non-hydrogen) atoms. The number of aromatic nitrogens is 1. The Morgan fingerprint density at radius 1 is 1.27 bits per heavy atom. The lowest BCUT2D eigenvalue weighted by Crippen LogP contribution is -2.48. The number of halogens is 2. The highest BCUT2D eigenvalue weighted by Gasteiger charge is 2.27. The van der Waals surface area contributed by atoms with Gasteiger partial charge in [-0.3, -0.25) is 4.79 Å². The molecule has 2 rings (SSSR count). The van der Waals surface area contributed by atoms with Crippen molar-refractivity contribution >= 4 is 12.0 Å². The number of hydrogen-bond acceptors (Lipinski definition) is 4. The van der Waals surface area contributed by atoms with Crippen LogP contribution >= 0.6 is 0 Å². The van der Waals surface area contributed by atoms with E-state index < -0.39 is 34.7 Å². The Morgan fingerprint density at radius 2 is 1.88 bits per heavy atom. The number of carbonyl (C=O) groups excluding carboxylic acids is 1. The number of carbonyl (C=O) groups is 2. The van der Waals surface area contributed by atoms with Crippen LogP contribution in [0.1, 0.15) is 31.3 Å². The van der Waals surface area contributed by atoms with Gasteiger partial charge in [0.25, 0.3) is 5.91 Å². The van der Waals surface area contributed by atoms with Crippen molar-refractivity contribution in [2.75, 3.05) is 13.1 Å². The van der Waals surface area contributed by atoms with Crippen molar-refractivity contribution in [2.24, 2.45) is 0 Å². The molecule has 0 aliphatic carbocycles. The van der Waals surface area contributed by atoms with Crippen molar-refractivity contribution in [3.8, 4) is 11.3 Å². The highest BCUT2D eigenvalue weighted by molar-refractivity contribution is 5.97. The number of hydrogen-bond donors (Lipinski definition) is 2. The maximum absolute atomic E-state index is 13.9. The summed E-state index contributed by atoms with van der Waals surface area (Å²) in [5.41, 5.74) is -1.42. The fourth-order valence-electron chi connectivity index (χ4n) is 2.38. The number of nitrogens with one attached hydrogen (secondary N) is 1. The molecule has 2 N–H and O–H groups in total. The number of oxazole rings is 1. The lowest BCUT2D eigenvalue weighted by atomic mass is 10.1. The predicted molar refractivity (Wildman–Crippen MR) is 88.7 cm³/mol. The molecule has 1 aromatic heterocycles. The second-order valence-electron chi connectivity index (χ2n) is 6.49. The van der Waals surface area contributed by atoms with Gasteiger partial charge in [0.15, 0.2) is 17.8 Å². The van der Waals surface area contributed by atoms with Crippen LogP contribution in [0.3, 0.4) is 0 Å². The van der Waals surface area contributed by atoms with E-state index in [1.807, 2.05) is 0 Å². The molecule has 0 bridgehead atoms. The maximum Gasteiger partial charge on any atom is 0.407 e. The van der Waals surface area contributed by atoms with Crippen LogP contribution in [0, 0.1) is 11.6 Å². The lowest BCUT2D eigenvalue weighted by Gasteiger charge is -2.33. The topological polar surface area (TPSA) is 95.7 Å². The summed E-state index contributed by atoms with van der Waals surface area (Å²) in [4.78, 5) is 28.4. The molecule has 140 valence electrons. The van der Waals surface area contributed by atoms with Crippen LogP contribution < -0.4 is 5.32 Å². The summed E-state index contributed by atoms with van der Waals surface area (Å²) in [5.74, 6) is -2.83. The summed E-state index contributed by atoms with van der Waals surface area (Å²) in [7, 11) is 0. The van der Waals surface area contributed by atoms with Gasteiger partial charge in [0.2, 0.25) is 0 Å². The SMILES string of the molecule is CC(C)(C)N(CCNC(=O)c1ncoc1-c1c(F)cccc1F)C(=O)O. The summed E-state index contributed by atoms with van der Waals surface area (Å²) in [6.45, 7) is 5.19. The zero-order chi connectivity index (χ0) is 19.5. The average molecular weight is 367 g/mol. The second kappa shape index (κ2) is 7.51. The average Bonchev–Trinajstić information content (AvgIpc) is 2.98. The Kier molecular flexibility index (Phi) is 5.59. The van der Waals surface area contributed by atoms with Gasteiger partial charge in [-0.15, -0.1) is 0 Å². The number of carboxylic acid groups (broad SMARTS) is 1. The standard InChI is InChI=1S/C17H19F2N3O4/c1-17(2,3)22(16(24)25)8-7-20-15(23)13-14(26-9-21-13)12-10(18)5-4-6-11(12)19/h4-6,9H,7-8H2,1-3H3,(H,20,23)(H,24,25). The fourth-order valence-corrected chi connectivity index (χ4v) is 2.38. The molecule has 0 spiro atoms. The van der Waals surface area contributed by atoms with Crippen molar-refractivity contribution in [1.29, 1.82) is 0 Å². The minimum absolute atomic E-state index is 0.00550. The van der Waals surface area contributed by atoms with Gasteiger partial charge in [0, 0.05) is 18.6 Å². The lowest BCUT2D eigenvalue weighted by molar-refractivity contribution is 0.0889. The molecule has 2 amide bonds. The summed E-state index contributed by atoms with van der Waals surface area (Å²) in [5, 5.41) is 11.7. The van der Waals surface area contributed by atoms with Crippen LogP contribution in [-0.2, 0) is 0 Å². The van der Waals surface area contributed by atoms with Crippen LogP contribution in [0.5, 0.6) is 0 Å². The van der Waals surface area contributed by atoms with E-state index in [0.717, 1.165) is 23.4 Å². The van der Waals surface area contributed by atoms with Crippen LogP contribution in [0.25, 0.3) is 11.3 Å². The van der Waals surface area contributed by atoms with Gasteiger partial charge in [-0.1, -0.05) is 6.07 Å². The van der Waals surface area contributed by atoms with Crippen molar-refractivity contribution < 1.29 is 27.9 Å². The van der Waals surface area contributed by atoms with E-state index in [1.54, 1.807) is 20.8 Å². The molecule has 0 fully saturated rings. The third-order valence-corrected chi connectivity index (χ3v) is 3.63. The monoisotopic (exact) mass is 367 g/mol. The molecule has 1 heterocycles. The smallest absolute Gasteiger partial charge is 0.407 e. The number of rotatable bonds is 5. The molecular formula is C17H19F2N3O4. The first-order valence-corrected chi connectivity index (χ1v) is 7.79. The van der Waals surface area contributed by atoms with Gasteiger partial charge in [-0.2, -0.15) is 0 Å². The number of benzene rings is 1. The molecule has 0 radical (unpaired) electrons. The fraction of sp³-hybridized carbons (Fsp3) is 0.353. The van der Waals surface area contributed by atoms with E-state index in [0.29, 0.717) is 0 Å². The largest absolute Gasteiger partial charge is 0.465 e. The zero-order valence-electron chi connectivity index (χ0n) is 14.5. The first kappa shape index (κ1) is 19.4. The van der Waals surface area contributed by atoms with E-state index in [1.165, 1.54) is 6.07 Å². The predicted octanol–water partition coefficient (Wildman–Crippen LogP) is 3.13. The third-order valence-electron chi connectivity index (χ3n) is 3.63. The highest BCUT2D eigenvalue weighted by Crippen LogP contribution is 2.28. The van der Waals surface area contributed by atoms with Crippen LogP contribution in [0.2, 0.25) is 0 Å². The highest BCUT2D eigenvalue weighted by atomic mass is 19.1. The molecule has 9 heteroatoms. The van der Waals surface area contributed by atoms with Crippen LogP contribution in [0.4, 0.5) is 13.6 Å². The van der Waals surface area contributed by atoms with Crippen molar-refractivity contribution in [2.45, 2.75) is 26.3 Å². The Bertz CT molecular complexity index is 794. The van der Waals surface area contributed by atoms with E-state index in [-0.39, 0.29) is 24.5 Å². The third kappa shape index (κ3) is 4.16. The summed E-state index contributed by atoms with van der Waals surface area (Å²) in [6.07, 6.45) is -0.211. The van der Waals surface area contributed by atoms with Gasteiger partial charge in [-0.05, 0) is 32.9 Å². The zero-order valence-corrected chi connectivity index (χ0v) is 14.5. The summed E-state index contributed by atoms with van der Waals surface area (Å²) < 4.78 is 32.8. The molecule has 7 nitrogen and oxygen atoms in total. The minimum atomic E-state index is -1.12. The van der Waals surface area contributed by atoms with Crippen LogP contribution in [-0.4, -0.2) is 45.6 Å². The van der Waals surface area contributed by atoms with Crippen LogP contribution in [0.15, 0.2) is 29.0 Å². The van der Waals surface area contributed by atoms with Gasteiger partial charge in [0.1, 0.15) is 11.6 Å². The van der Waals surface area contributed by atoms with Crippen molar-refractivity contribution in [3.05, 3.63) is 41.9 Å². The van der Waals surface area contributed by atoms with E-state index >= 15 is 0 Å². The Balaban J connectivity index is 2.13. The molecular weight excluding hydrogens is 348 g/mol. The summed E-state index contributed by atoms with van der Waals surface area (Å²) >= 11 is 0. The molecule has 0 atom stereocenters. The first-order valence-electron chi connectivity index (χ1n) is 7.79.